The lowest BCUT2D eigenvalue weighted by Gasteiger charge is -2.16. The molecular weight excluding hydrogens is 466 g/mol. The van der Waals surface area contributed by atoms with Gasteiger partial charge in [0.2, 0.25) is 10.0 Å². The molecule has 9 nitrogen and oxygen atoms in total. The Bertz CT molecular complexity index is 1290. The van der Waals surface area contributed by atoms with Gasteiger partial charge >= 0.3 is 0 Å². The highest BCUT2D eigenvalue weighted by molar-refractivity contribution is 7.89. The fourth-order valence-corrected chi connectivity index (χ4v) is 4.65. The van der Waals surface area contributed by atoms with Crippen LogP contribution in [0.25, 0.3) is 0 Å². The number of thiophene rings is 1. The van der Waals surface area contributed by atoms with Gasteiger partial charge in [-0.25, -0.2) is 13.1 Å². The van der Waals surface area contributed by atoms with Gasteiger partial charge in [0.25, 0.3) is 11.8 Å². The summed E-state index contributed by atoms with van der Waals surface area (Å²) >= 11 is 1.26. The maximum Gasteiger partial charge on any atom is 0.265 e. The van der Waals surface area contributed by atoms with Crippen molar-refractivity contribution in [1.82, 2.24) is 4.72 Å². The number of aryl methyl sites for hydroxylation is 1. The summed E-state index contributed by atoms with van der Waals surface area (Å²) in [6.07, 6.45) is 0. The maximum absolute atomic E-state index is 13.2. The number of rotatable bonds is 8. The molecule has 1 aromatic heterocycles. The second kappa shape index (κ2) is 10.0. The van der Waals surface area contributed by atoms with Gasteiger partial charge in [-0.05, 0) is 49.2 Å². The van der Waals surface area contributed by atoms with Gasteiger partial charge < -0.3 is 20.1 Å². The minimum absolute atomic E-state index is 0.0429. The van der Waals surface area contributed by atoms with E-state index >= 15 is 0 Å². The molecule has 0 fully saturated rings. The Kier molecular flexibility index (Phi) is 7.36. The molecule has 0 spiro atoms. The number of carbonyl (C=O) groups is 2. The third kappa shape index (κ3) is 5.33. The molecule has 2 amide bonds. The molecule has 3 N–H and O–H groups in total. The standard InChI is InChI=1S/C22H23N3O6S2/c1-13-7-8-14(10-20(13)33(28,29)23-2)24-21(26)15-11-17(30-3)18(31-4)12-16(15)25-22(27)19-6-5-9-32-19/h5-12,23H,1-4H3,(H,24,26)(H,25,27). The molecule has 3 rings (SSSR count). The van der Waals surface area contributed by atoms with Gasteiger partial charge in [-0.2, -0.15) is 0 Å². The predicted molar refractivity (Wildman–Crippen MR) is 127 cm³/mol. The lowest BCUT2D eigenvalue weighted by Crippen LogP contribution is -2.21. The fraction of sp³-hybridized carbons (Fsp3) is 0.182. The molecule has 0 unspecified atom stereocenters. The van der Waals surface area contributed by atoms with Crippen LogP contribution in [0.5, 0.6) is 11.5 Å². The maximum atomic E-state index is 13.2. The van der Waals surface area contributed by atoms with Crippen LogP contribution < -0.4 is 24.8 Å². The van der Waals surface area contributed by atoms with Crippen molar-refractivity contribution in [1.29, 1.82) is 0 Å². The number of hydrogen-bond donors (Lipinski definition) is 3. The largest absolute Gasteiger partial charge is 0.493 e. The molecule has 174 valence electrons. The van der Waals surface area contributed by atoms with Crippen LogP contribution in [0.15, 0.2) is 52.7 Å². The summed E-state index contributed by atoms with van der Waals surface area (Å²) in [5, 5.41) is 7.18. The van der Waals surface area contributed by atoms with E-state index in [0.717, 1.165) is 0 Å². The average Bonchev–Trinajstić information content (AvgIpc) is 3.35. The van der Waals surface area contributed by atoms with Crippen molar-refractivity contribution in [2.24, 2.45) is 0 Å². The fourth-order valence-electron chi connectivity index (χ4n) is 3.04. The first-order valence-corrected chi connectivity index (χ1v) is 12.0. The Morgan fingerprint density at radius 3 is 2.24 bits per heavy atom. The van der Waals surface area contributed by atoms with Gasteiger partial charge in [0.1, 0.15) is 0 Å². The summed E-state index contributed by atoms with van der Waals surface area (Å²) in [5.74, 6) is -0.342. The van der Waals surface area contributed by atoms with Crippen LogP contribution in [0.3, 0.4) is 0 Å². The van der Waals surface area contributed by atoms with Crippen LogP contribution in [0.2, 0.25) is 0 Å². The third-order valence-corrected chi connectivity index (χ3v) is 7.19. The molecule has 1 heterocycles. The summed E-state index contributed by atoms with van der Waals surface area (Å²) in [6, 6.07) is 10.9. The van der Waals surface area contributed by atoms with E-state index in [4.69, 9.17) is 9.47 Å². The van der Waals surface area contributed by atoms with E-state index in [1.807, 2.05) is 0 Å². The molecule has 11 heteroatoms. The number of benzene rings is 2. The number of carbonyl (C=O) groups excluding carboxylic acids is 2. The van der Waals surface area contributed by atoms with Gasteiger partial charge in [0, 0.05) is 11.8 Å². The predicted octanol–water partition coefficient (Wildman–Crippen LogP) is 3.49. The number of amides is 2. The van der Waals surface area contributed by atoms with E-state index in [1.165, 1.54) is 50.8 Å². The van der Waals surface area contributed by atoms with Gasteiger partial charge in [0.15, 0.2) is 11.5 Å². The minimum atomic E-state index is -3.71. The Morgan fingerprint density at radius 2 is 1.64 bits per heavy atom. The Hall–Kier alpha value is -3.41. The van der Waals surface area contributed by atoms with Gasteiger partial charge in [-0.3, -0.25) is 9.59 Å². The summed E-state index contributed by atoms with van der Waals surface area (Å²) < 4.78 is 37.4. The first kappa shape index (κ1) is 24.2. The van der Waals surface area contributed by atoms with E-state index < -0.39 is 15.9 Å². The smallest absolute Gasteiger partial charge is 0.265 e. The normalized spacial score (nSPS) is 11.0. The zero-order chi connectivity index (χ0) is 24.2. The molecule has 0 aliphatic heterocycles. The van der Waals surface area contributed by atoms with Crippen LogP contribution in [0.4, 0.5) is 11.4 Å². The van der Waals surface area contributed by atoms with Crippen LogP contribution in [0.1, 0.15) is 25.6 Å². The minimum Gasteiger partial charge on any atom is -0.493 e. The summed E-state index contributed by atoms with van der Waals surface area (Å²) in [7, 11) is 0.469. The highest BCUT2D eigenvalue weighted by atomic mass is 32.2. The molecule has 0 aliphatic rings. The van der Waals surface area contributed by atoms with Crippen molar-refractivity contribution in [2.75, 3.05) is 31.9 Å². The first-order chi connectivity index (χ1) is 15.7. The van der Waals surface area contributed by atoms with Crippen molar-refractivity contribution in [3.63, 3.8) is 0 Å². The quantitative estimate of drug-likeness (QED) is 0.445. The molecule has 3 aromatic rings. The molecule has 0 atom stereocenters. The van der Waals surface area contributed by atoms with E-state index in [1.54, 1.807) is 36.6 Å². The molecule has 2 aromatic carbocycles. The van der Waals surface area contributed by atoms with Crippen molar-refractivity contribution >= 4 is 44.5 Å². The van der Waals surface area contributed by atoms with E-state index in [2.05, 4.69) is 15.4 Å². The lowest BCUT2D eigenvalue weighted by molar-refractivity contribution is 0.102. The average molecular weight is 490 g/mol. The summed E-state index contributed by atoms with van der Waals surface area (Å²) in [5.41, 5.74) is 1.11. The molecule has 0 radical (unpaired) electrons. The van der Waals surface area contributed by atoms with Crippen LogP contribution in [-0.4, -0.2) is 41.5 Å². The number of nitrogens with one attached hydrogen (secondary N) is 3. The number of methoxy groups -OCH3 is 2. The van der Waals surface area contributed by atoms with Gasteiger partial charge in [-0.15, -0.1) is 11.3 Å². The Morgan fingerprint density at radius 1 is 0.939 bits per heavy atom. The number of ether oxygens (including phenoxy) is 2. The number of sulfonamides is 1. The molecular formula is C22H23N3O6S2. The Balaban J connectivity index is 1.99. The highest BCUT2D eigenvalue weighted by Gasteiger charge is 2.21. The van der Waals surface area contributed by atoms with Crippen molar-refractivity contribution in [3.05, 3.63) is 63.8 Å². The lowest BCUT2D eigenvalue weighted by atomic mass is 10.1. The van der Waals surface area contributed by atoms with Crippen LogP contribution in [-0.2, 0) is 10.0 Å². The zero-order valence-electron chi connectivity index (χ0n) is 18.4. The Labute approximate surface area is 195 Å². The summed E-state index contributed by atoms with van der Waals surface area (Å²) in [6.45, 7) is 1.66. The zero-order valence-corrected chi connectivity index (χ0v) is 20.0. The van der Waals surface area contributed by atoms with Crippen molar-refractivity contribution < 1.29 is 27.5 Å². The molecule has 0 aliphatic carbocycles. The van der Waals surface area contributed by atoms with E-state index in [9.17, 15) is 18.0 Å². The number of anilines is 2. The SMILES string of the molecule is CNS(=O)(=O)c1cc(NC(=O)c2cc(OC)c(OC)cc2NC(=O)c2cccs2)ccc1C. The van der Waals surface area contributed by atoms with Gasteiger partial charge in [-0.1, -0.05) is 12.1 Å². The molecule has 0 bridgehead atoms. The highest BCUT2D eigenvalue weighted by Crippen LogP contribution is 2.34. The molecule has 0 saturated heterocycles. The molecule has 33 heavy (non-hydrogen) atoms. The topological polar surface area (TPSA) is 123 Å². The first-order valence-electron chi connectivity index (χ1n) is 9.66. The third-order valence-electron chi connectivity index (χ3n) is 4.77. The molecule has 0 saturated carbocycles. The van der Waals surface area contributed by atoms with Crippen LogP contribution in [0, 0.1) is 6.92 Å². The summed E-state index contributed by atoms with van der Waals surface area (Å²) in [4.78, 5) is 26.3. The van der Waals surface area contributed by atoms with E-state index in [-0.39, 0.29) is 27.7 Å². The monoisotopic (exact) mass is 489 g/mol. The van der Waals surface area contributed by atoms with Gasteiger partial charge in [0.05, 0.1) is 35.2 Å². The second-order valence-electron chi connectivity index (χ2n) is 6.83. The van der Waals surface area contributed by atoms with Crippen molar-refractivity contribution in [2.45, 2.75) is 11.8 Å². The number of hydrogen-bond acceptors (Lipinski definition) is 7. The second-order valence-corrected chi connectivity index (χ2v) is 9.63. The van der Waals surface area contributed by atoms with Crippen LogP contribution >= 0.6 is 11.3 Å². The van der Waals surface area contributed by atoms with Crippen molar-refractivity contribution in [3.8, 4) is 11.5 Å². The van der Waals surface area contributed by atoms with E-state index in [0.29, 0.717) is 21.9 Å².